The molecule has 17 aromatic carbocycles. The van der Waals surface area contributed by atoms with Crippen LogP contribution in [0.1, 0.15) is 22.3 Å². The normalized spacial score (nSPS) is 13.9. The molecule has 0 bridgehead atoms. The summed E-state index contributed by atoms with van der Waals surface area (Å²) in [5.41, 5.74) is 5.55. The summed E-state index contributed by atoms with van der Waals surface area (Å²) in [6.07, 6.45) is 0. The molecule has 0 aromatic heterocycles. The van der Waals surface area contributed by atoms with Crippen LogP contribution in [0.15, 0.2) is 109 Å². The molecule has 0 aliphatic carbocycles. The molecule has 0 radical (unpaired) electrons. The summed E-state index contributed by atoms with van der Waals surface area (Å²) in [5.74, 6) is 0. The molecule has 58 heavy (non-hydrogen) atoms. The topological polar surface area (TPSA) is 0 Å². The van der Waals surface area contributed by atoms with Gasteiger partial charge in [0.15, 0.2) is 0 Å². The van der Waals surface area contributed by atoms with Gasteiger partial charge in [0.2, 0.25) is 0 Å². The summed E-state index contributed by atoms with van der Waals surface area (Å²) in [5, 5.41) is 45.7. The van der Waals surface area contributed by atoms with E-state index in [1.807, 2.05) is 0 Å². The van der Waals surface area contributed by atoms with Crippen LogP contribution in [0, 0.1) is 27.7 Å². The molecule has 0 unspecified atom stereocenters. The molecule has 0 heterocycles. The minimum Gasteiger partial charge on any atom is -0.0616 e. The van der Waals surface area contributed by atoms with Crippen molar-refractivity contribution in [1.29, 1.82) is 0 Å². The Bertz CT molecular complexity index is 4410. The summed E-state index contributed by atoms with van der Waals surface area (Å²) in [6, 6.07) is 43.3. The first-order valence-corrected chi connectivity index (χ1v) is 21.0. The summed E-state index contributed by atoms with van der Waals surface area (Å²) < 4.78 is 0. The molecular formula is C58H30. The van der Waals surface area contributed by atoms with Crippen molar-refractivity contribution in [2.24, 2.45) is 0 Å². The van der Waals surface area contributed by atoms with E-state index in [1.54, 1.807) is 0 Å². The summed E-state index contributed by atoms with van der Waals surface area (Å²) in [6.45, 7) is 9.46. The van der Waals surface area contributed by atoms with Gasteiger partial charge < -0.3 is 0 Å². The summed E-state index contributed by atoms with van der Waals surface area (Å²) in [4.78, 5) is 0. The van der Waals surface area contributed by atoms with Crippen LogP contribution >= 0.6 is 0 Å². The van der Waals surface area contributed by atoms with Gasteiger partial charge in [0, 0.05) is 0 Å². The Kier molecular flexibility index (Phi) is 4.15. The fraction of sp³-hybridized carbons (Fsp3) is 0.0690. The highest BCUT2D eigenvalue weighted by Gasteiger charge is 2.34. The molecule has 17 rings (SSSR count). The monoisotopic (exact) mass is 726 g/mol. The van der Waals surface area contributed by atoms with Crippen LogP contribution < -0.4 is 0 Å². The molecular weight excluding hydrogens is 697 g/mol. The SMILES string of the molecule is Cc1cc2c3ccc4c5ccccc5c5ccc6c7cc(C)c(C)c8c9ccc%10c%11ccccc%11c%11ccc%12c(c1C)c2c1c2c3c4c5c6c2c(c78)c2c9c%10c%11c%12c12. The van der Waals surface area contributed by atoms with Gasteiger partial charge >= 0.3 is 0 Å². The fourth-order valence-corrected chi connectivity index (χ4v) is 13.9. The third kappa shape index (κ3) is 2.53. The van der Waals surface area contributed by atoms with Gasteiger partial charge in [0.1, 0.15) is 0 Å². The van der Waals surface area contributed by atoms with Crippen molar-refractivity contribution < 1.29 is 0 Å². The van der Waals surface area contributed by atoms with Gasteiger partial charge in [-0.1, -0.05) is 109 Å². The van der Waals surface area contributed by atoms with E-state index in [4.69, 9.17) is 0 Å². The quantitative estimate of drug-likeness (QED) is 0.108. The highest BCUT2D eigenvalue weighted by atomic mass is 14.4. The van der Waals surface area contributed by atoms with E-state index in [2.05, 4.69) is 137 Å². The molecule has 0 aliphatic heterocycles. The average Bonchev–Trinajstić information content (AvgIpc) is 3.26. The predicted molar refractivity (Wildman–Crippen MR) is 255 cm³/mol. The number of aryl methyl sites for hydroxylation is 4. The molecule has 0 atom stereocenters. The molecule has 17 aromatic rings. The zero-order valence-electron chi connectivity index (χ0n) is 32.4. The van der Waals surface area contributed by atoms with Gasteiger partial charge in [-0.25, -0.2) is 0 Å². The van der Waals surface area contributed by atoms with E-state index in [-0.39, 0.29) is 0 Å². The van der Waals surface area contributed by atoms with Crippen molar-refractivity contribution >= 4 is 172 Å². The first-order valence-electron chi connectivity index (χ1n) is 21.0. The van der Waals surface area contributed by atoms with Crippen molar-refractivity contribution in [1.82, 2.24) is 0 Å². The second-order valence-electron chi connectivity index (χ2n) is 18.2. The second kappa shape index (κ2) is 8.47. The smallest absolute Gasteiger partial charge is 0.0000242 e. The third-order valence-electron chi connectivity index (χ3n) is 16.1. The Morgan fingerprint density at radius 3 is 0.724 bits per heavy atom. The van der Waals surface area contributed by atoms with Crippen LogP contribution in [-0.2, 0) is 0 Å². The number of rotatable bonds is 0. The molecule has 0 amide bonds. The van der Waals surface area contributed by atoms with Gasteiger partial charge in [-0.3, -0.25) is 0 Å². The van der Waals surface area contributed by atoms with Crippen molar-refractivity contribution in [3.8, 4) is 0 Å². The molecule has 0 heteroatoms. The maximum atomic E-state index is 2.54. The van der Waals surface area contributed by atoms with Crippen LogP contribution in [0.2, 0.25) is 0 Å². The maximum absolute atomic E-state index is 2.54. The van der Waals surface area contributed by atoms with Crippen molar-refractivity contribution in [2.45, 2.75) is 27.7 Å². The lowest BCUT2D eigenvalue weighted by atomic mass is 9.70. The molecule has 0 saturated heterocycles. The number of hydrogen-bond acceptors (Lipinski definition) is 0. The minimum absolute atomic E-state index is 1.35. The standard InChI is InChI=1S/C58H30/c1-23-21-39-35-15-13-31-27-9-5-6-10-28(27)32-14-16-36-40-22-24(2)26(4)42-38-20-18-34-30-12-8-7-11-29(30)33-17-19-37-41(25(23)3)51(39)57-53-47(35)43(31)44(32)48(36)54(53)58(52(40)42)56-50(38)46(34)45(33)49(37)55(56)57/h5-22H,1-4H3. The molecule has 262 valence electrons. The van der Waals surface area contributed by atoms with Gasteiger partial charge in [-0.2, -0.15) is 0 Å². The number of benzene rings is 17. The molecule has 0 spiro atoms. The highest BCUT2D eigenvalue weighted by Crippen LogP contribution is 2.63. The van der Waals surface area contributed by atoms with Gasteiger partial charge in [-0.05, 0) is 222 Å². The largest absolute Gasteiger partial charge is 0.0616 e. The Balaban J connectivity index is 1.40. The van der Waals surface area contributed by atoms with Gasteiger partial charge in [0.05, 0.1) is 0 Å². The zero-order chi connectivity index (χ0) is 37.5. The molecule has 0 nitrogen and oxygen atoms in total. The summed E-state index contributed by atoms with van der Waals surface area (Å²) >= 11 is 0. The van der Waals surface area contributed by atoms with Gasteiger partial charge in [-0.15, -0.1) is 0 Å². The Morgan fingerprint density at radius 2 is 0.414 bits per heavy atom. The van der Waals surface area contributed by atoms with E-state index in [0.717, 1.165) is 0 Å². The molecule has 0 aliphatic rings. The van der Waals surface area contributed by atoms with Crippen molar-refractivity contribution in [3.05, 3.63) is 131 Å². The number of fused-ring (bicyclic) bond motifs is 10. The lowest BCUT2D eigenvalue weighted by Crippen LogP contribution is -2.03. The van der Waals surface area contributed by atoms with Crippen molar-refractivity contribution in [3.63, 3.8) is 0 Å². The van der Waals surface area contributed by atoms with Crippen LogP contribution in [-0.4, -0.2) is 0 Å². The van der Waals surface area contributed by atoms with Crippen molar-refractivity contribution in [2.75, 3.05) is 0 Å². The first-order chi connectivity index (χ1) is 28.5. The third-order valence-corrected chi connectivity index (χ3v) is 16.1. The Hall–Kier alpha value is -7.02. The van der Waals surface area contributed by atoms with Gasteiger partial charge in [0.25, 0.3) is 0 Å². The Labute approximate surface area is 330 Å². The Morgan fingerprint density at radius 1 is 0.190 bits per heavy atom. The predicted octanol–water partition coefficient (Wildman–Crippen LogP) is 16.9. The minimum atomic E-state index is 1.35. The highest BCUT2D eigenvalue weighted by molar-refractivity contribution is 6.64. The van der Waals surface area contributed by atoms with E-state index < -0.39 is 0 Å². The van der Waals surface area contributed by atoms with E-state index >= 15 is 0 Å². The van der Waals surface area contributed by atoms with E-state index in [1.165, 1.54) is 195 Å². The van der Waals surface area contributed by atoms with Crippen LogP contribution in [0.5, 0.6) is 0 Å². The summed E-state index contributed by atoms with van der Waals surface area (Å²) in [7, 11) is 0. The lowest BCUT2D eigenvalue weighted by molar-refractivity contribution is 1.40. The molecule has 0 saturated carbocycles. The van der Waals surface area contributed by atoms with E-state index in [0.29, 0.717) is 0 Å². The average molecular weight is 727 g/mol. The maximum Gasteiger partial charge on any atom is -0.0000242 e. The fourth-order valence-electron chi connectivity index (χ4n) is 13.9. The molecule has 0 fully saturated rings. The van der Waals surface area contributed by atoms with Crippen LogP contribution in [0.3, 0.4) is 0 Å². The van der Waals surface area contributed by atoms with Crippen LogP contribution in [0.25, 0.3) is 172 Å². The second-order valence-corrected chi connectivity index (χ2v) is 18.2. The molecule has 0 N–H and O–H groups in total. The zero-order valence-corrected chi connectivity index (χ0v) is 32.4. The van der Waals surface area contributed by atoms with E-state index in [9.17, 15) is 0 Å². The lowest BCUT2D eigenvalue weighted by Gasteiger charge is -2.31. The van der Waals surface area contributed by atoms with Crippen LogP contribution in [0.4, 0.5) is 0 Å². The first kappa shape index (κ1) is 28.4. The number of hydrogen-bond donors (Lipinski definition) is 0.